The molecule has 23 heavy (non-hydrogen) atoms. The summed E-state index contributed by atoms with van der Waals surface area (Å²) in [5.74, 6) is 0.557. The Morgan fingerprint density at radius 2 is 1.78 bits per heavy atom. The number of ether oxygens (including phenoxy) is 1. The molecule has 3 nitrogen and oxygen atoms in total. The molecule has 0 radical (unpaired) electrons. The summed E-state index contributed by atoms with van der Waals surface area (Å²) >= 11 is 3.45. The molecule has 0 saturated heterocycles. The SMILES string of the molecule is CCc1cccc(CC)c1NC(=O)COc1ccc(Br)c(C)c1. The van der Waals surface area contributed by atoms with Gasteiger partial charge in [0.05, 0.1) is 0 Å². The fraction of sp³-hybridized carbons (Fsp3) is 0.316. The average Bonchev–Trinajstić information content (AvgIpc) is 2.56. The van der Waals surface area contributed by atoms with Crippen molar-refractivity contribution in [2.45, 2.75) is 33.6 Å². The first-order valence-electron chi connectivity index (χ1n) is 7.84. The Labute approximate surface area is 146 Å². The second kappa shape index (κ2) is 8.16. The highest BCUT2D eigenvalue weighted by Crippen LogP contribution is 2.23. The normalized spacial score (nSPS) is 10.4. The number of carbonyl (C=O) groups excluding carboxylic acids is 1. The lowest BCUT2D eigenvalue weighted by Crippen LogP contribution is -2.21. The van der Waals surface area contributed by atoms with E-state index < -0.39 is 0 Å². The van der Waals surface area contributed by atoms with Crippen molar-refractivity contribution >= 4 is 27.5 Å². The topological polar surface area (TPSA) is 38.3 Å². The second-order valence-electron chi connectivity index (χ2n) is 5.41. The monoisotopic (exact) mass is 375 g/mol. The van der Waals surface area contributed by atoms with Gasteiger partial charge in [0.2, 0.25) is 0 Å². The standard InChI is InChI=1S/C19H22BrNO2/c1-4-14-7-6-8-15(5-2)19(14)21-18(22)12-23-16-9-10-17(20)13(3)11-16/h6-11H,4-5,12H2,1-3H3,(H,21,22). The molecule has 0 bridgehead atoms. The average molecular weight is 376 g/mol. The number of halogens is 1. The van der Waals surface area contributed by atoms with E-state index in [-0.39, 0.29) is 12.5 Å². The molecule has 2 aromatic carbocycles. The van der Waals surface area contributed by atoms with Gasteiger partial charge in [-0.1, -0.05) is 48.0 Å². The number of hydrogen-bond donors (Lipinski definition) is 1. The summed E-state index contributed by atoms with van der Waals surface area (Å²) in [6.45, 7) is 6.17. The Kier molecular flexibility index (Phi) is 6.22. The Morgan fingerprint density at radius 3 is 2.35 bits per heavy atom. The molecule has 0 aliphatic rings. The number of para-hydroxylation sites is 1. The van der Waals surface area contributed by atoms with Gasteiger partial charge in [0, 0.05) is 10.2 Å². The summed E-state index contributed by atoms with van der Waals surface area (Å²) in [5.41, 5.74) is 4.31. The molecule has 0 spiro atoms. The van der Waals surface area contributed by atoms with Crippen LogP contribution in [0.2, 0.25) is 0 Å². The summed E-state index contributed by atoms with van der Waals surface area (Å²) in [6.07, 6.45) is 1.77. The van der Waals surface area contributed by atoms with Gasteiger partial charge in [-0.15, -0.1) is 0 Å². The molecule has 122 valence electrons. The smallest absolute Gasteiger partial charge is 0.262 e. The Balaban J connectivity index is 2.04. The summed E-state index contributed by atoms with van der Waals surface area (Å²) in [7, 11) is 0. The molecule has 0 atom stereocenters. The van der Waals surface area contributed by atoms with E-state index in [1.54, 1.807) is 0 Å². The van der Waals surface area contributed by atoms with Gasteiger partial charge < -0.3 is 10.1 Å². The van der Waals surface area contributed by atoms with Gasteiger partial charge in [0.25, 0.3) is 5.91 Å². The third kappa shape index (κ3) is 4.58. The molecule has 0 unspecified atom stereocenters. The van der Waals surface area contributed by atoms with Crippen molar-refractivity contribution in [3.8, 4) is 5.75 Å². The van der Waals surface area contributed by atoms with E-state index in [2.05, 4.69) is 35.1 Å². The number of anilines is 1. The maximum atomic E-state index is 12.2. The summed E-state index contributed by atoms with van der Waals surface area (Å²) in [6, 6.07) is 11.8. The van der Waals surface area contributed by atoms with Gasteiger partial charge in [-0.25, -0.2) is 0 Å². The van der Waals surface area contributed by atoms with E-state index in [1.807, 2.05) is 43.3 Å². The van der Waals surface area contributed by atoms with Crippen LogP contribution in [0.3, 0.4) is 0 Å². The zero-order valence-electron chi connectivity index (χ0n) is 13.8. The van der Waals surface area contributed by atoms with E-state index >= 15 is 0 Å². The zero-order valence-corrected chi connectivity index (χ0v) is 15.4. The van der Waals surface area contributed by atoms with Crippen molar-refractivity contribution in [2.24, 2.45) is 0 Å². The molecule has 0 fully saturated rings. The van der Waals surface area contributed by atoms with Gasteiger partial charge >= 0.3 is 0 Å². The van der Waals surface area contributed by atoms with Gasteiger partial charge in [0.1, 0.15) is 5.75 Å². The summed E-state index contributed by atoms with van der Waals surface area (Å²) < 4.78 is 6.62. The van der Waals surface area contributed by atoms with Crippen LogP contribution >= 0.6 is 15.9 Å². The Bertz CT molecular complexity index is 676. The van der Waals surface area contributed by atoms with E-state index in [1.165, 1.54) is 0 Å². The van der Waals surface area contributed by atoms with Gasteiger partial charge in [0.15, 0.2) is 6.61 Å². The maximum Gasteiger partial charge on any atom is 0.262 e. The molecule has 0 saturated carbocycles. The number of amides is 1. The molecular formula is C19H22BrNO2. The third-order valence-electron chi connectivity index (χ3n) is 3.76. The first kappa shape index (κ1) is 17.5. The van der Waals surface area contributed by atoms with Crippen molar-refractivity contribution in [2.75, 3.05) is 11.9 Å². The van der Waals surface area contributed by atoms with Crippen LogP contribution in [-0.4, -0.2) is 12.5 Å². The molecule has 4 heteroatoms. The van der Waals surface area contributed by atoms with Crippen LogP contribution in [0.25, 0.3) is 0 Å². The van der Waals surface area contributed by atoms with Crippen molar-refractivity contribution in [1.82, 2.24) is 0 Å². The molecule has 1 N–H and O–H groups in total. The first-order valence-corrected chi connectivity index (χ1v) is 8.64. The molecule has 0 aromatic heterocycles. The zero-order chi connectivity index (χ0) is 16.8. The van der Waals surface area contributed by atoms with E-state index in [0.29, 0.717) is 5.75 Å². The van der Waals surface area contributed by atoms with Gasteiger partial charge in [-0.2, -0.15) is 0 Å². The van der Waals surface area contributed by atoms with Crippen molar-refractivity contribution in [1.29, 1.82) is 0 Å². The number of aryl methyl sites for hydroxylation is 3. The van der Waals surface area contributed by atoms with E-state index in [9.17, 15) is 4.79 Å². The number of nitrogens with one attached hydrogen (secondary N) is 1. The molecule has 2 rings (SSSR count). The predicted molar refractivity (Wildman–Crippen MR) is 98.2 cm³/mol. The van der Waals surface area contributed by atoms with E-state index in [0.717, 1.165) is 39.7 Å². The minimum Gasteiger partial charge on any atom is -0.484 e. The highest BCUT2D eigenvalue weighted by atomic mass is 79.9. The van der Waals surface area contributed by atoms with Crippen LogP contribution in [0.15, 0.2) is 40.9 Å². The molecular weight excluding hydrogens is 354 g/mol. The van der Waals surface area contributed by atoms with Crippen LogP contribution in [0.1, 0.15) is 30.5 Å². The fourth-order valence-electron chi connectivity index (χ4n) is 2.43. The minimum absolute atomic E-state index is 0.00226. The maximum absolute atomic E-state index is 12.2. The quantitative estimate of drug-likeness (QED) is 0.779. The van der Waals surface area contributed by atoms with Crippen LogP contribution in [0.4, 0.5) is 5.69 Å². The van der Waals surface area contributed by atoms with Crippen molar-refractivity contribution in [3.05, 3.63) is 57.6 Å². The number of hydrogen-bond acceptors (Lipinski definition) is 2. The highest BCUT2D eigenvalue weighted by Gasteiger charge is 2.10. The van der Waals surface area contributed by atoms with Crippen LogP contribution in [-0.2, 0) is 17.6 Å². The van der Waals surface area contributed by atoms with Crippen LogP contribution < -0.4 is 10.1 Å². The van der Waals surface area contributed by atoms with E-state index in [4.69, 9.17) is 4.74 Å². The number of carbonyl (C=O) groups is 1. The Hall–Kier alpha value is -1.81. The van der Waals surface area contributed by atoms with Crippen LogP contribution in [0, 0.1) is 6.92 Å². The fourth-order valence-corrected chi connectivity index (χ4v) is 2.68. The highest BCUT2D eigenvalue weighted by molar-refractivity contribution is 9.10. The summed E-state index contributed by atoms with van der Waals surface area (Å²) in [5, 5.41) is 3.00. The van der Waals surface area contributed by atoms with Gasteiger partial charge in [-0.05, 0) is 54.7 Å². The largest absolute Gasteiger partial charge is 0.484 e. The Morgan fingerprint density at radius 1 is 1.13 bits per heavy atom. The lowest BCUT2D eigenvalue weighted by atomic mass is 10.0. The predicted octanol–water partition coefficient (Wildman–Crippen LogP) is 4.90. The number of benzene rings is 2. The minimum atomic E-state index is -0.138. The third-order valence-corrected chi connectivity index (χ3v) is 4.65. The first-order chi connectivity index (χ1) is 11.0. The number of rotatable bonds is 6. The molecule has 0 heterocycles. The van der Waals surface area contributed by atoms with Gasteiger partial charge in [-0.3, -0.25) is 4.79 Å². The second-order valence-corrected chi connectivity index (χ2v) is 6.26. The van der Waals surface area contributed by atoms with Crippen LogP contribution in [0.5, 0.6) is 5.75 Å². The molecule has 2 aromatic rings. The lowest BCUT2D eigenvalue weighted by molar-refractivity contribution is -0.118. The molecule has 0 aliphatic carbocycles. The summed E-state index contributed by atoms with van der Waals surface area (Å²) in [4.78, 5) is 12.2. The molecule has 0 aliphatic heterocycles. The van der Waals surface area contributed by atoms with Crippen molar-refractivity contribution < 1.29 is 9.53 Å². The molecule has 1 amide bonds. The van der Waals surface area contributed by atoms with Crippen molar-refractivity contribution in [3.63, 3.8) is 0 Å². The lowest BCUT2D eigenvalue weighted by Gasteiger charge is -2.15.